The third-order valence-electron chi connectivity index (χ3n) is 3.80. The van der Waals surface area contributed by atoms with E-state index in [0.717, 1.165) is 6.07 Å². The van der Waals surface area contributed by atoms with E-state index in [9.17, 15) is 31.1 Å². The van der Waals surface area contributed by atoms with Crippen LogP contribution in [0.25, 0.3) is 0 Å². The minimum absolute atomic E-state index is 0. The molecule has 1 aromatic carbocycles. The van der Waals surface area contributed by atoms with Crippen molar-refractivity contribution in [2.75, 3.05) is 19.6 Å². The highest BCUT2D eigenvalue weighted by Gasteiger charge is 2.33. The smallest absolute Gasteiger partial charge is 0.343 e. The zero-order valence-electron chi connectivity index (χ0n) is 12.9. The van der Waals surface area contributed by atoms with E-state index in [4.69, 9.17) is 0 Å². The van der Waals surface area contributed by atoms with Crippen molar-refractivity contribution in [3.05, 3.63) is 34.9 Å². The molecule has 1 heterocycles. The van der Waals surface area contributed by atoms with Crippen LogP contribution in [-0.2, 0) is 6.18 Å². The third kappa shape index (κ3) is 6.39. The van der Waals surface area contributed by atoms with Gasteiger partial charge >= 0.3 is 12.4 Å². The highest BCUT2D eigenvalue weighted by molar-refractivity contribution is 5.94. The topological polar surface area (TPSA) is 41.1 Å². The highest BCUT2D eigenvalue weighted by Crippen LogP contribution is 2.34. The zero-order valence-corrected chi connectivity index (χ0v) is 13.7. The molecule has 3 nitrogen and oxygen atoms in total. The molecule has 0 atom stereocenters. The number of amides is 1. The molecule has 0 bridgehead atoms. The molecule has 0 spiro atoms. The van der Waals surface area contributed by atoms with Gasteiger partial charge in [-0.15, -0.1) is 12.4 Å². The summed E-state index contributed by atoms with van der Waals surface area (Å²) in [6.07, 6.45) is -8.10. The summed E-state index contributed by atoms with van der Waals surface area (Å²) in [6.45, 7) is -0.322. The molecule has 10 heteroatoms. The summed E-state index contributed by atoms with van der Waals surface area (Å²) in [5.74, 6) is -1.34. The molecule has 25 heavy (non-hydrogen) atoms. The van der Waals surface area contributed by atoms with Gasteiger partial charge in [-0.05, 0) is 55.6 Å². The Morgan fingerprint density at radius 2 is 1.68 bits per heavy atom. The number of hydrogen-bond donors (Lipinski definition) is 2. The molecule has 0 aliphatic carbocycles. The number of hydrogen-bond acceptors (Lipinski definition) is 2. The van der Waals surface area contributed by atoms with E-state index in [1.807, 2.05) is 0 Å². The van der Waals surface area contributed by atoms with Crippen molar-refractivity contribution in [1.82, 2.24) is 10.6 Å². The summed E-state index contributed by atoms with van der Waals surface area (Å²) in [4.78, 5) is 11.8. The molecule has 1 fully saturated rings. The summed E-state index contributed by atoms with van der Waals surface area (Å²) in [6, 6.07) is 2.80. The monoisotopic (exact) mass is 390 g/mol. The van der Waals surface area contributed by atoms with Gasteiger partial charge in [0.05, 0.1) is 5.56 Å². The number of carbonyl (C=O) groups is 1. The lowest BCUT2D eigenvalue weighted by molar-refractivity contribution is -0.137. The van der Waals surface area contributed by atoms with Crippen LogP contribution in [0.4, 0.5) is 26.3 Å². The van der Waals surface area contributed by atoms with E-state index in [1.165, 1.54) is 6.07 Å². The van der Waals surface area contributed by atoms with Gasteiger partial charge in [-0.25, -0.2) is 0 Å². The average Bonchev–Trinajstić information content (AvgIpc) is 2.51. The molecular formula is C15H17ClF6N2O. The number of rotatable bonds is 3. The number of alkyl halides is 6. The predicted octanol–water partition coefficient (Wildman–Crippen LogP) is 3.89. The van der Waals surface area contributed by atoms with Gasteiger partial charge in [0.1, 0.15) is 6.54 Å². The Hall–Kier alpha value is -1.48. The molecule has 1 aliphatic rings. The Morgan fingerprint density at radius 1 is 1.08 bits per heavy atom. The fourth-order valence-electron chi connectivity index (χ4n) is 2.62. The van der Waals surface area contributed by atoms with Crippen LogP contribution in [0.2, 0.25) is 0 Å². The molecule has 2 rings (SSSR count). The summed E-state index contributed by atoms with van der Waals surface area (Å²) in [5.41, 5.74) is -1.12. The molecule has 2 N–H and O–H groups in total. The van der Waals surface area contributed by atoms with Crippen LogP contribution in [0, 0.1) is 0 Å². The van der Waals surface area contributed by atoms with Gasteiger partial charge in [0, 0.05) is 5.56 Å². The van der Waals surface area contributed by atoms with E-state index in [2.05, 4.69) is 5.32 Å². The zero-order chi connectivity index (χ0) is 18.0. The first-order valence-corrected chi connectivity index (χ1v) is 7.34. The van der Waals surface area contributed by atoms with E-state index in [0.29, 0.717) is 37.6 Å². The molecule has 1 amide bonds. The summed E-state index contributed by atoms with van der Waals surface area (Å²) < 4.78 is 75.6. The number of nitrogens with one attached hydrogen (secondary N) is 2. The standard InChI is InChI=1S/C15H16F6N2O.ClH/c16-14(17,18)8-23-13(24)11-5-10(9-1-3-22-4-2-9)6-12(7-11)15(19,20)21;/h5-7,9,22H,1-4,8H2,(H,23,24);1H. The quantitative estimate of drug-likeness (QED) is 0.769. The second-order valence-corrected chi connectivity index (χ2v) is 5.66. The maximum absolute atomic E-state index is 13.0. The Balaban J connectivity index is 0.00000312. The van der Waals surface area contributed by atoms with Gasteiger partial charge in [-0.1, -0.05) is 0 Å². The maximum atomic E-state index is 13.0. The summed E-state index contributed by atoms with van der Waals surface area (Å²) >= 11 is 0. The first kappa shape index (κ1) is 21.6. The lowest BCUT2D eigenvalue weighted by atomic mass is 9.88. The summed E-state index contributed by atoms with van der Waals surface area (Å²) in [7, 11) is 0. The fraction of sp³-hybridized carbons (Fsp3) is 0.533. The van der Waals surface area contributed by atoms with Gasteiger partial charge in [-0.2, -0.15) is 26.3 Å². The second kappa shape index (κ2) is 8.27. The van der Waals surface area contributed by atoms with Gasteiger partial charge in [-0.3, -0.25) is 4.79 Å². The molecule has 0 aromatic heterocycles. The molecule has 1 aromatic rings. The van der Waals surface area contributed by atoms with Crippen molar-refractivity contribution in [3.8, 4) is 0 Å². The van der Waals surface area contributed by atoms with Crippen LogP contribution < -0.4 is 10.6 Å². The van der Waals surface area contributed by atoms with Crippen LogP contribution in [-0.4, -0.2) is 31.7 Å². The largest absolute Gasteiger partial charge is 0.416 e. The van der Waals surface area contributed by atoms with E-state index in [-0.39, 0.29) is 18.3 Å². The van der Waals surface area contributed by atoms with Crippen LogP contribution in [0.1, 0.15) is 40.2 Å². The van der Waals surface area contributed by atoms with Crippen molar-refractivity contribution in [2.24, 2.45) is 0 Å². The number of halogens is 7. The number of carbonyl (C=O) groups excluding carboxylic acids is 1. The van der Waals surface area contributed by atoms with Crippen LogP contribution in [0.15, 0.2) is 18.2 Å². The molecule has 0 radical (unpaired) electrons. The molecular weight excluding hydrogens is 374 g/mol. The normalized spacial score (nSPS) is 16.2. The first-order valence-electron chi connectivity index (χ1n) is 7.34. The molecule has 142 valence electrons. The fourth-order valence-corrected chi connectivity index (χ4v) is 2.62. The van der Waals surface area contributed by atoms with Crippen LogP contribution in [0.3, 0.4) is 0 Å². The Labute approximate surface area is 146 Å². The van der Waals surface area contributed by atoms with E-state index < -0.39 is 35.9 Å². The van der Waals surface area contributed by atoms with Crippen LogP contribution in [0.5, 0.6) is 0 Å². The Bertz CT molecular complexity index is 597. The molecule has 0 unspecified atom stereocenters. The number of piperidine rings is 1. The van der Waals surface area contributed by atoms with Crippen LogP contribution >= 0.6 is 12.4 Å². The minimum atomic E-state index is -4.68. The molecule has 1 saturated heterocycles. The van der Waals surface area contributed by atoms with Gasteiger partial charge in [0.2, 0.25) is 0 Å². The molecule has 1 aliphatic heterocycles. The van der Waals surface area contributed by atoms with Crippen molar-refractivity contribution in [3.63, 3.8) is 0 Å². The third-order valence-corrected chi connectivity index (χ3v) is 3.80. The van der Waals surface area contributed by atoms with Gasteiger partial charge in [0.15, 0.2) is 0 Å². The average molecular weight is 391 g/mol. The number of benzene rings is 1. The summed E-state index contributed by atoms with van der Waals surface area (Å²) in [5, 5.41) is 4.68. The SMILES string of the molecule is Cl.O=C(NCC(F)(F)F)c1cc(C2CCNCC2)cc(C(F)(F)F)c1. The molecule has 0 saturated carbocycles. The highest BCUT2D eigenvalue weighted by atomic mass is 35.5. The second-order valence-electron chi connectivity index (χ2n) is 5.66. The van der Waals surface area contributed by atoms with Gasteiger partial charge < -0.3 is 10.6 Å². The van der Waals surface area contributed by atoms with Crippen molar-refractivity contribution >= 4 is 18.3 Å². The lowest BCUT2D eigenvalue weighted by Gasteiger charge is -2.24. The Kier molecular flexibility index (Phi) is 7.13. The Morgan fingerprint density at radius 3 is 2.20 bits per heavy atom. The maximum Gasteiger partial charge on any atom is 0.416 e. The van der Waals surface area contributed by atoms with Crippen molar-refractivity contribution < 1.29 is 31.1 Å². The van der Waals surface area contributed by atoms with Gasteiger partial charge in [0.25, 0.3) is 5.91 Å². The van der Waals surface area contributed by atoms with E-state index in [1.54, 1.807) is 5.32 Å². The predicted molar refractivity (Wildman–Crippen MR) is 81.9 cm³/mol. The van der Waals surface area contributed by atoms with E-state index >= 15 is 0 Å². The first-order chi connectivity index (χ1) is 11.1. The lowest BCUT2D eigenvalue weighted by Crippen LogP contribution is -2.34. The minimum Gasteiger partial charge on any atom is -0.343 e. The van der Waals surface area contributed by atoms with Crippen molar-refractivity contribution in [2.45, 2.75) is 31.1 Å². The van der Waals surface area contributed by atoms with Crippen molar-refractivity contribution in [1.29, 1.82) is 0 Å².